The molecule has 1 heterocycles. The van der Waals surface area contributed by atoms with E-state index in [1.807, 2.05) is 25.1 Å². The third kappa shape index (κ3) is 4.52. The van der Waals surface area contributed by atoms with Crippen LogP contribution in [0, 0.1) is 0 Å². The predicted molar refractivity (Wildman–Crippen MR) is 105 cm³/mol. The van der Waals surface area contributed by atoms with Gasteiger partial charge in [0.15, 0.2) is 17.3 Å². The maximum atomic E-state index is 12.6. The lowest BCUT2D eigenvalue weighted by molar-refractivity contribution is 0.0978. The lowest BCUT2D eigenvalue weighted by Crippen LogP contribution is -2.06. The van der Waals surface area contributed by atoms with Gasteiger partial charge in [-0.25, -0.2) is 4.98 Å². The number of methoxy groups -OCH3 is 1. The topological polar surface area (TPSA) is 81.8 Å². The smallest absolute Gasteiger partial charge is 0.226 e. The summed E-state index contributed by atoms with van der Waals surface area (Å²) in [4.78, 5) is 17.0. The largest absolute Gasteiger partial charge is 0.504 e. The van der Waals surface area contributed by atoms with Crippen molar-refractivity contribution >= 4 is 5.78 Å². The molecule has 0 amide bonds. The second kappa shape index (κ2) is 9.08. The van der Waals surface area contributed by atoms with E-state index in [1.54, 1.807) is 18.2 Å². The number of ketones is 1. The van der Waals surface area contributed by atoms with Crippen molar-refractivity contribution in [3.05, 3.63) is 60.0 Å². The highest BCUT2D eigenvalue weighted by atomic mass is 16.5. The van der Waals surface area contributed by atoms with Crippen LogP contribution >= 0.6 is 0 Å². The zero-order valence-corrected chi connectivity index (χ0v) is 16.0. The van der Waals surface area contributed by atoms with E-state index >= 15 is 0 Å². The van der Waals surface area contributed by atoms with Crippen molar-refractivity contribution in [2.75, 3.05) is 13.7 Å². The van der Waals surface area contributed by atoms with Gasteiger partial charge in [0.2, 0.25) is 5.89 Å². The van der Waals surface area contributed by atoms with Crippen molar-refractivity contribution in [1.82, 2.24) is 4.98 Å². The van der Waals surface area contributed by atoms with E-state index in [0.717, 1.165) is 6.42 Å². The number of benzene rings is 2. The average Bonchev–Trinajstić information content (AvgIpc) is 3.19. The van der Waals surface area contributed by atoms with Crippen LogP contribution in [0.25, 0.3) is 11.5 Å². The van der Waals surface area contributed by atoms with E-state index in [-0.39, 0.29) is 11.5 Å². The highest BCUT2D eigenvalue weighted by Gasteiger charge is 2.14. The minimum absolute atomic E-state index is 0.00153. The van der Waals surface area contributed by atoms with E-state index in [1.165, 1.54) is 19.4 Å². The molecule has 0 spiro atoms. The Morgan fingerprint density at radius 3 is 2.75 bits per heavy atom. The number of aromatic hydroxyl groups is 1. The van der Waals surface area contributed by atoms with Gasteiger partial charge in [-0.15, -0.1) is 0 Å². The molecule has 146 valence electrons. The summed E-state index contributed by atoms with van der Waals surface area (Å²) in [6, 6.07) is 12.2. The molecule has 6 nitrogen and oxygen atoms in total. The number of aromatic nitrogens is 1. The van der Waals surface area contributed by atoms with E-state index in [0.29, 0.717) is 53.7 Å². The summed E-state index contributed by atoms with van der Waals surface area (Å²) in [5.74, 6) is 1.39. The quantitative estimate of drug-likeness (QED) is 0.543. The lowest BCUT2D eigenvalue weighted by Gasteiger charge is -2.09. The van der Waals surface area contributed by atoms with Crippen molar-refractivity contribution in [3.8, 4) is 28.7 Å². The van der Waals surface area contributed by atoms with Gasteiger partial charge < -0.3 is 19.0 Å². The predicted octanol–water partition coefficient (Wildman–Crippen LogP) is 4.66. The standard InChI is InChI=1S/C22H23NO5/c1-3-12-27-20-7-5-4-6-17(20)18(24)10-9-16-14-28-22(23-16)15-8-11-21(26-2)19(25)13-15/h4-8,11,13-14,25H,3,9-10,12H2,1-2H3. The van der Waals surface area contributed by atoms with Crippen molar-refractivity contribution in [2.45, 2.75) is 26.2 Å². The lowest BCUT2D eigenvalue weighted by atomic mass is 10.0. The number of ether oxygens (including phenoxy) is 2. The summed E-state index contributed by atoms with van der Waals surface area (Å²) in [5.41, 5.74) is 1.89. The van der Waals surface area contributed by atoms with Crippen LogP contribution in [0.3, 0.4) is 0 Å². The molecule has 0 radical (unpaired) electrons. The maximum absolute atomic E-state index is 12.6. The van der Waals surface area contributed by atoms with E-state index in [9.17, 15) is 9.90 Å². The van der Waals surface area contributed by atoms with E-state index in [4.69, 9.17) is 13.9 Å². The van der Waals surface area contributed by atoms with Gasteiger partial charge in [-0.3, -0.25) is 4.79 Å². The number of para-hydroxylation sites is 1. The Hall–Kier alpha value is -3.28. The molecule has 0 saturated heterocycles. The molecule has 6 heteroatoms. The summed E-state index contributed by atoms with van der Waals surface area (Å²) < 4.78 is 16.2. The Morgan fingerprint density at radius 1 is 1.18 bits per heavy atom. The molecular formula is C22H23NO5. The molecule has 3 aromatic rings. The molecule has 3 rings (SSSR count). The Bertz CT molecular complexity index is 948. The van der Waals surface area contributed by atoms with Crippen molar-refractivity contribution in [3.63, 3.8) is 0 Å². The summed E-state index contributed by atoms with van der Waals surface area (Å²) >= 11 is 0. The number of Topliss-reactive ketones (excluding diaryl/α,β-unsaturated/α-hetero) is 1. The molecule has 0 aliphatic carbocycles. The monoisotopic (exact) mass is 381 g/mol. The number of oxazole rings is 1. The normalized spacial score (nSPS) is 10.6. The van der Waals surface area contributed by atoms with Gasteiger partial charge in [0.05, 0.1) is 25.0 Å². The fourth-order valence-electron chi connectivity index (χ4n) is 2.79. The summed E-state index contributed by atoms with van der Waals surface area (Å²) in [7, 11) is 1.49. The molecule has 0 aliphatic heterocycles. The third-order valence-electron chi connectivity index (χ3n) is 4.23. The molecule has 0 atom stereocenters. The van der Waals surface area contributed by atoms with Crippen LogP contribution in [0.4, 0.5) is 0 Å². The molecule has 1 N–H and O–H groups in total. The van der Waals surface area contributed by atoms with Crippen LogP contribution in [0.15, 0.2) is 53.1 Å². The fourth-order valence-corrected chi connectivity index (χ4v) is 2.79. The second-order valence-electron chi connectivity index (χ2n) is 6.30. The summed E-state index contributed by atoms with van der Waals surface area (Å²) in [5, 5.41) is 9.90. The maximum Gasteiger partial charge on any atom is 0.226 e. The van der Waals surface area contributed by atoms with Crippen LogP contribution in [0.2, 0.25) is 0 Å². The molecule has 0 bridgehead atoms. The first-order chi connectivity index (χ1) is 13.6. The number of rotatable bonds is 9. The SMILES string of the molecule is CCCOc1ccccc1C(=O)CCc1coc(-c2ccc(OC)c(O)c2)n1. The van der Waals surface area contributed by atoms with Crippen LogP contribution in [-0.4, -0.2) is 29.6 Å². The number of hydrogen-bond acceptors (Lipinski definition) is 6. The molecule has 0 fully saturated rings. The number of hydrogen-bond donors (Lipinski definition) is 1. The van der Waals surface area contributed by atoms with Crippen LogP contribution in [-0.2, 0) is 6.42 Å². The summed E-state index contributed by atoms with van der Waals surface area (Å²) in [6.07, 6.45) is 3.16. The van der Waals surface area contributed by atoms with Crippen LogP contribution < -0.4 is 9.47 Å². The molecule has 2 aromatic carbocycles. The number of phenols is 1. The highest BCUT2D eigenvalue weighted by molar-refractivity contribution is 5.98. The molecule has 0 aliphatic rings. The number of nitrogens with zero attached hydrogens (tertiary/aromatic N) is 1. The van der Waals surface area contributed by atoms with E-state index in [2.05, 4.69) is 4.98 Å². The first-order valence-electron chi connectivity index (χ1n) is 9.19. The zero-order chi connectivity index (χ0) is 19.9. The Kier molecular flexibility index (Phi) is 6.32. The van der Waals surface area contributed by atoms with Crippen molar-refractivity contribution in [2.24, 2.45) is 0 Å². The minimum atomic E-state index is -0.00153. The zero-order valence-electron chi connectivity index (χ0n) is 16.0. The van der Waals surface area contributed by atoms with Gasteiger partial charge in [0.1, 0.15) is 12.0 Å². The number of aryl methyl sites for hydroxylation is 1. The first-order valence-corrected chi connectivity index (χ1v) is 9.19. The summed E-state index contributed by atoms with van der Waals surface area (Å²) in [6.45, 7) is 2.60. The van der Waals surface area contributed by atoms with Gasteiger partial charge in [0, 0.05) is 18.4 Å². The van der Waals surface area contributed by atoms with Crippen molar-refractivity contribution < 1.29 is 23.8 Å². The molecule has 1 aromatic heterocycles. The Labute approximate surface area is 163 Å². The van der Waals surface area contributed by atoms with E-state index < -0.39 is 0 Å². The number of carbonyl (C=O) groups is 1. The molecule has 0 unspecified atom stereocenters. The van der Waals surface area contributed by atoms with Crippen molar-refractivity contribution in [1.29, 1.82) is 0 Å². The molecule has 28 heavy (non-hydrogen) atoms. The fraction of sp³-hybridized carbons (Fsp3) is 0.273. The van der Waals surface area contributed by atoms with Gasteiger partial charge in [-0.2, -0.15) is 0 Å². The average molecular weight is 381 g/mol. The van der Waals surface area contributed by atoms with Crippen LogP contribution in [0.1, 0.15) is 35.8 Å². The Morgan fingerprint density at radius 2 is 2.00 bits per heavy atom. The highest BCUT2D eigenvalue weighted by Crippen LogP contribution is 2.31. The Balaban J connectivity index is 1.66. The van der Waals surface area contributed by atoms with Gasteiger partial charge in [0.25, 0.3) is 0 Å². The van der Waals surface area contributed by atoms with Gasteiger partial charge >= 0.3 is 0 Å². The van der Waals surface area contributed by atoms with Gasteiger partial charge in [-0.05, 0) is 36.8 Å². The van der Waals surface area contributed by atoms with Gasteiger partial charge in [-0.1, -0.05) is 19.1 Å². The molecule has 0 saturated carbocycles. The molecular weight excluding hydrogens is 358 g/mol. The second-order valence-corrected chi connectivity index (χ2v) is 6.30. The third-order valence-corrected chi connectivity index (χ3v) is 4.23. The minimum Gasteiger partial charge on any atom is -0.504 e. The number of carbonyl (C=O) groups excluding carboxylic acids is 1. The first kappa shape index (κ1) is 19.5. The van der Waals surface area contributed by atoms with Crippen LogP contribution in [0.5, 0.6) is 17.2 Å². The number of phenolic OH excluding ortho intramolecular Hbond substituents is 1.